The first-order valence-corrected chi connectivity index (χ1v) is 5.85. The number of hydrogen-bond acceptors (Lipinski definition) is 2. The lowest BCUT2D eigenvalue weighted by Gasteiger charge is -2.04. The number of halogens is 1. The molecule has 0 heterocycles. The van der Waals surface area contributed by atoms with Gasteiger partial charge in [0.15, 0.2) is 0 Å². The predicted octanol–water partition coefficient (Wildman–Crippen LogP) is 3.61. The average Bonchev–Trinajstić information content (AvgIpc) is 2.68. The predicted molar refractivity (Wildman–Crippen MR) is 65.7 cm³/mol. The van der Waals surface area contributed by atoms with Gasteiger partial charge in [0.1, 0.15) is 0 Å². The Morgan fingerprint density at radius 1 is 1.19 bits per heavy atom. The van der Waals surface area contributed by atoms with Gasteiger partial charge < -0.3 is 0 Å². The van der Waals surface area contributed by atoms with Crippen LogP contribution in [0.15, 0.2) is 28.7 Å². The lowest BCUT2D eigenvalue weighted by atomic mass is 10.0. The average molecular weight is 278 g/mol. The van der Waals surface area contributed by atoms with E-state index >= 15 is 0 Å². The van der Waals surface area contributed by atoms with Crippen LogP contribution in [0, 0.1) is 10.1 Å². The SMILES string of the molecule is O=[N+]([O-])c1ccc2c3c(c(Br)ccc13)CC2. The molecule has 1 aliphatic carbocycles. The monoisotopic (exact) mass is 277 g/mol. The van der Waals surface area contributed by atoms with Crippen molar-refractivity contribution < 1.29 is 4.92 Å². The minimum atomic E-state index is -0.310. The highest BCUT2D eigenvalue weighted by Gasteiger charge is 2.22. The first-order valence-electron chi connectivity index (χ1n) is 5.06. The zero-order chi connectivity index (χ0) is 11.3. The molecule has 0 fully saturated rings. The maximum absolute atomic E-state index is 10.9. The second-order valence-corrected chi connectivity index (χ2v) is 4.80. The molecule has 0 saturated heterocycles. The molecule has 3 rings (SSSR count). The molecule has 2 aromatic rings. The number of nitro groups is 1. The molecule has 0 spiro atoms. The van der Waals surface area contributed by atoms with Crippen molar-refractivity contribution in [3.8, 4) is 0 Å². The minimum Gasteiger partial charge on any atom is -0.258 e. The number of nitro benzene ring substituents is 1. The van der Waals surface area contributed by atoms with Gasteiger partial charge in [-0.05, 0) is 41.5 Å². The number of hydrogen-bond donors (Lipinski definition) is 0. The highest BCUT2D eigenvalue weighted by atomic mass is 79.9. The molecule has 2 aromatic carbocycles. The van der Waals surface area contributed by atoms with Crippen LogP contribution in [0.5, 0.6) is 0 Å². The van der Waals surface area contributed by atoms with Gasteiger partial charge in [-0.1, -0.05) is 22.0 Å². The van der Waals surface area contributed by atoms with Crippen molar-refractivity contribution in [2.75, 3.05) is 0 Å². The van der Waals surface area contributed by atoms with Crippen molar-refractivity contribution >= 4 is 32.4 Å². The number of rotatable bonds is 1. The molecule has 1 aliphatic rings. The summed E-state index contributed by atoms with van der Waals surface area (Å²) in [5.41, 5.74) is 2.63. The molecule has 80 valence electrons. The first kappa shape index (κ1) is 9.78. The summed E-state index contributed by atoms with van der Waals surface area (Å²) in [4.78, 5) is 10.6. The number of aryl methyl sites for hydroxylation is 2. The van der Waals surface area contributed by atoms with Gasteiger partial charge in [-0.3, -0.25) is 10.1 Å². The fourth-order valence-corrected chi connectivity index (χ4v) is 2.96. The Morgan fingerprint density at radius 2 is 2.00 bits per heavy atom. The standard InChI is InChI=1S/C12H8BrNO2/c13-10-5-4-9-11(14(15)16)6-2-7-1-3-8(10)12(7)9/h2,4-6H,1,3H2. The van der Waals surface area contributed by atoms with E-state index in [4.69, 9.17) is 0 Å². The molecule has 0 amide bonds. The molecule has 0 unspecified atom stereocenters. The van der Waals surface area contributed by atoms with E-state index in [1.807, 2.05) is 18.2 Å². The topological polar surface area (TPSA) is 43.1 Å². The van der Waals surface area contributed by atoms with Crippen LogP contribution in [-0.2, 0) is 12.8 Å². The van der Waals surface area contributed by atoms with E-state index in [2.05, 4.69) is 15.9 Å². The van der Waals surface area contributed by atoms with Gasteiger partial charge in [-0.2, -0.15) is 0 Å². The summed E-state index contributed by atoms with van der Waals surface area (Å²) in [6.45, 7) is 0. The fraction of sp³-hybridized carbons (Fsp3) is 0.167. The molecule has 4 heteroatoms. The van der Waals surface area contributed by atoms with Crippen LogP contribution in [0.1, 0.15) is 11.1 Å². The third-order valence-corrected chi connectivity index (χ3v) is 3.88. The van der Waals surface area contributed by atoms with Crippen molar-refractivity contribution in [3.05, 3.63) is 50.0 Å². The lowest BCUT2D eigenvalue weighted by Crippen LogP contribution is -1.91. The summed E-state index contributed by atoms with van der Waals surface area (Å²) >= 11 is 3.50. The number of non-ortho nitro benzene ring substituents is 1. The smallest absolute Gasteiger partial charge is 0.258 e. The van der Waals surface area contributed by atoms with E-state index in [1.165, 1.54) is 11.1 Å². The third kappa shape index (κ3) is 1.19. The van der Waals surface area contributed by atoms with Gasteiger partial charge in [-0.15, -0.1) is 0 Å². The Balaban J connectivity index is 2.49. The summed E-state index contributed by atoms with van der Waals surface area (Å²) in [6.07, 6.45) is 1.95. The third-order valence-electron chi connectivity index (χ3n) is 3.14. The van der Waals surface area contributed by atoms with Crippen LogP contribution in [0.4, 0.5) is 5.69 Å². The molecular weight excluding hydrogens is 270 g/mol. The van der Waals surface area contributed by atoms with Crippen LogP contribution in [-0.4, -0.2) is 4.92 Å². The van der Waals surface area contributed by atoms with E-state index in [0.717, 1.165) is 28.1 Å². The zero-order valence-electron chi connectivity index (χ0n) is 8.37. The quantitative estimate of drug-likeness (QED) is 0.590. The molecule has 0 atom stereocenters. The van der Waals surface area contributed by atoms with Crippen LogP contribution < -0.4 is 0 Å². The van der Waals surface area contributed by atoms with Crippen LogP contribution >= 0.6 is 15.9 Å². The Morgan fingerprint density at radius 3 is 2.75 bits per heavy atom. The molecular formula is C12H8BrNO2. The summed E-state index contributed by atoms with van der Waals surface area (Å²) in [7, 11) is 0. The second-order valence-electron chi connectivity index (χ2n) is 3.95. The summed E-state index contributed by atoms with van der Waals surface area (Å²) < 4.78 is 1.05. The number of benzene rings is 2. The zero-order valence-corrected chi connectivity index (χ0v) is 9.95. The van der Waals surface area contributed by atoms with E-state index in [0.29, 0.717) is 0 Å². The molecule has 16 heavy (non-hydrogen) atoms. The summed E-state index contributed by atoms with van der Waals surface area (Å²) in [5, 5.41) is 12.8. The highest BCUT2D eigenvalue weighted by Crippen LogP contribution is 2.39. The Bertz CT molecular complexity index is 622. The van der Waals surface area contributed by atoms with Crippen LogP contribution in [0.2, 0.25) is 0 Å². The van der Waals surface area contributed by atoms with Crippen molar-refractivity contribution in [2.45, 2.75) is 12.8 Å². The second kappa shape index (κ2) is 3.28. The minimum absolute atomic E-state index is 0.203. The molecule has 0 aliphatic heterocycles. The van der Waals surface area contributed by atoms with E-state index in [9.17, 15) is 10.1 Å². The first-order chi connectivity index (χ1) is 7.68. The molecule has 0 radical (unpaired) electrons. The maximum atomic E-state index is 10.9. The maximum Gasteiger partial charge on any atom is 0.277 e. The number of nitrogens with zero attached hydrogens (tertiary/aromatic N) is 1. The lowest BCUT2D eigenvalue weighted by molar-refractivity contribution is -0.383. The van der Waals surface area contributed by atoms with Crippen molar-refractivity contribution in [3.63, 3.8) is 0 Å². The van der Waals surface area contributed by atoms with Gasteiger partial charge in [-0.25, -0.2) is 0 Å². The summed E-state index contributed by atoms with van der Waals surface area (Å²) in [5.74, 6) is 0. The van der Waals surface area contributed by atoms with E-state index in [-0.39, 0.29) is 10.6 Å². The fourth-order valence-electron chi connectivity index (χ4n) is 2.43. The van der Waals surface area contributed by atoms with Gasteiger partial charge in [0.25, 0.3) is 5.69 Å². The molecule has 0 bridgehead atoms. The molecule has 0 aromatic heterocycles. The van der Waals surface area contributed by atoms with Gasteiger partial charge in [0, 0.05) is 10.5 Å². The van der Waals surface area contributed by atoms with Crippen molar-refractivity contribution in [2.24, 2.45) is 0 Å². The van der Waals surface area contributed by atoms with Gasteiger partial charge >= 0.3 is 0 Å². The molecule has 0 saturated carbocycles. The van der Waals surface area contributed by atoms with E-state index < -0.39 is 0 Å². The van der Waals surface area contributed by atoms with Gasteiger partial charge in [0.05, 0.1) is 10.3 Å². The van der Waals surface area contributed by atoms with E-state index in [1.54, 1.807) is 6.07 Å². The van der Waals surface area contributed by atoms with Crippen molar-refractivity contribution in [1.82, 2.24) is 0 Å². The molecule has 0 N–H and O–H groups in total. The van der Waals surface area contributed by atoms with Crippen molar-refractivity contribution in [1.29, 1.82) is 0 Å². The van der Waals surface area contributed by atoms with Crippen LogP contribution in [0.3, 0.4) is 0 Å². The normalized spacial score (nSPS) is 13.3. The Labute approximate surface area is 100 Å². The molecule has 3 nitrogen and oxygen atoms in total. The largest absolute Gasteiger partial charge is 0.277 e. The summed E-state index contributed by atoms with van der Waals surface area (Å²) in [6, 6.07) is 7.22. The Kier molecular flexibility index (Phi) is 2.01. The van der Waals surface area contributed by atoms with Gasteiger partial charge in [0.2, 0.25) is 0 Å². The van der Waals surface area contributed by atoms with Crippen LogP contribution in [0.25, 0.3) is 10.8 Å². The highest BCUT2D eigenvalue weighted by molar-refractivity contribution is 9.10. The Hall–Kier alpha value is -1.42.